The van der Waals surface area contributed by atoms with Crippen molar-refractivity contribution >= 4 is 40.1 Å². The largest absolute Gasteiger partial charge is 0.456 e. The zero-order chi connectivity index (χ0) is 27.4. The number of anilines is 2. The average molecular weight is 538 g/mol. The van der Waals surface area contributed by atoms with Gasteiger partial charge in [-0.25, -0.2) is 0 Å². The Balaban J connectivity index is 1.27. The maximum Gasteiger partial charge on any atom is 0.228 e. The van der Waals surface area contributed by atoms with Gasteiger partial charge in [-0.3, -0.25) is 14.5 Å². The van der Waals surface area contributed by atoms with Gasteiger partial charge in [0.05, 0.1) is 29.4 Å². The fraction of sp³-hybridized carbons (Fsp3) is 0.194. The maximum atomic E-state index is 12.7. The zero-order valence-corrected chi connectivity index (χ0v) is 23.3. The van der Waals surface area contributed by atoms with Gasteiger partial charge in [-0.15, -0.1) is 0 Å². The predicted octanol–water partition coefficient (Wildman–Crippen LogP) is 7.59. The van der Waals surface area contributed by atoms with Crippen LogP contribution in [0.2, 0.25) is 0 Å². The number of amides is 1. The fourth-order valence-electron chi connectivity index (χ4n) is 4.08. The molecule has 0 saturated heterocycles. The number of hydrogen-bond acceptors (Lipinski definition) is 6. The Labute approximate surface area is 232 Å². The number of pyridine rings is 1. The van der Waals surface area contributed by atoms with Crippen molar-refractivity contribution in [3.05, 3.63) is 103 Å². The Morgan fingerprint density at radius 2 is 1.79 bits per heavy atom. The highest BCUT2D eigenvalue weighted by Gasteiger charge is 2.15. The van der Waals surface area contributed by atoms with E-state index >= 15 is 0 Å². The molecule has 2 N–H and O–H groups in total. The highest BCUT2D eigenvalue weighted by atomic mass is 32.2. The van der Waals surface area contributed by atoms with Crippen LogP contribution in [0.1, 0.15) is 31.9 Å². The number of nitrogens with zero attached hydrogens (tertiary/aromatic N) is 3. The lowest BCUT2D eigenvalue weighted by atomic mass is 10.1. The fourth-order valence-corrected chi connectivity index (χ4v) is 4.74. The molecule has 5 aromatic rings. The van der Waals surface area contributed by atoms with Crippen LogP contribution in [0.4, 0.5) is 11.4 Å². The van der Waals surface area contributed by atoms with Crippen LogP contribution in [0.3, 0.4) is 0 Å². The number of carbonyl (C=O) groups excluding carboxylic acids is 1. The monoisotopic (exact) mass is 537 g/mol. The van der Waals surface area contributed by atoms with Gasteiger partial charge in [0.15, 0.2) is 0 Å². The summed E-state index contributed by atoms with van der Waals surface area (Å²) < 4.78 is 11.6. The van der Waals surface area contributed by atoms with Crippen molar-refractivity contribution in [1.82, 2.24) is 14.8 Å². The van der Waals surface area contributed by atoms with Crippen LogP contribution in [0, 0.1) is 6.92 Å². The zero-order valence-electron chi connectivity index (χ0n) is 22.4. The molecule has 0 atom stereocenters. The van der Waals surface area contributed by atoms with Crippen molar-refractivity contribution in [2.24, 2.45) is 0 Å². The van der Waals surface area contributed by atoms with E-state index < -0.39 is 0 Å². The number of carbonyl (C=O) groups is 1. The number of aromatic nitrogens is 3. The normalized spacial score (nSPS) is 11.4. The molecule has 0 aliphatic heterocycles. The molecule has 5 rings (SSSR count). The molecule has 0 unspecified atom stereocenters. The third kappa shape index (κ3) is 6.59. The predicted molar refractivity (Wildman–Crippen MR) is 158 cm³/mol. The molecule has 0 aliphatic carbocycles. The van der Waals surface area contributed by atoms with Gasteiger partial charge < -0.3 is 14.8 Å². The molecule has 0 aliphatic rings. The van der Waals surface area contributed by atoms with Crippen molar-refractivity contribution < 1.29 is 9.53 Å². The van der Waals surface area contributed by atoms with Crippen LogP contribution in [-0.4, -0.2) is 20.7 Å². The summed E-state index contributed by atoms with van der Waals surface area (Å²) in [5.41, 5.74) is 4.20. The van der Waals surface area contributed by atoms with E-state index in [2.05, 4.69) is 53.0 Å². The van der Waals surface area contributed by atoms with Crippen molar-refractivity contribution in [3.8, 4) is 11.5 Å². The van der Waals surface area contributed by atoms with E-state index in [0.29, 0.717) is 5.69 Å². The van der Waals surface area contributed by atoms with Crippen LogP contribution < -0.4 is 14.8 Å². The van der Waals surface area contributed by atoms with Gasteiger partial charge in [-0.2, -0.15) is 5.10 Å². The van der Waals surface area contributed by atoms with Gasteiger partial charge in [-0.05, 0) is 93.2 Å². The molecule has 3 aromatic carbocycles. The van der Waals surface area contributed by atoms with E-state index in [1.807, 2.05) is 78.5 Å². The molecular formula is C31H31N5O2S. The van der Waals surface area contributed by atoms with E-state index in [1.54, 1.807) is 24.3 Å². The summed E-state index contributed by atoms with van der Waals surface area (Å²) in [6.07, 6.45) is 5.53. The number of aryl methyl sites for hydroxylation is 1. The van der Waals surface area contributed by atoms with Gasteiger partial charge in [0.1, 0.15) is 11.5 Å². The SMILES string of the molecule is Cc1cc(CC(=O)Nc2cnn(C(C)(C)C)c2)ccc1Oc1ccnc2ccc(NSc3ccccc3)cc12. The van der Waals surface area contributed by atoms with Crippen LogP contribution in [0.5, 0.6) is 11.5 Å². The number of nitrogens with one attached hydrogen (secondary N) is 2. The Kier molecular flexibility index (Phi) is 7.56. The minimum atomic E-state index is -0.144. The van der Waals surface area contributed by atoms with E-state index in [-0.39, 0.29) is 17.9 Å². The number of rotatable bonds is 8. The van der Waals surface area contributed by atoms with Gasteiger partial charge in [0.2, 0.25) is 5.91 Å². The quantitative estimate of drug-likeness (QED) is 0.199. The maximum absolute atomic E-state index is 12.7. The second-order valence-electron chi connectivity index (χ2n) is 10.3. The summed E-state index contributed by atoms with van der Waals surface area (Å²) in [6, 6.07) is 23.9. The lowest BCUT2D eigenvalue weighted by Gasteiger charge is -2.18. The topological polar surface area (TPSA) is 81.1 Å². The molecule has 0 radical (unpaired) electrons. The molecule has 39 heavy (non-hydrogen) atoms. The van der Waals surface area contributed by atoms with Crippen LogP contribution >= 0.6 is 11.9 Å². The van der Waals surface area contributed by atoms with Gasteiger partial charge >= 0.3 is 0 Å². The van der Waals surface area contributed by atoms with Gasteiger partial charge in [-0.1, -0.05) is 30.3 Å². The van der Waals surface area contributed by atoms with E-state index in [9.17, 15) is 4.79 Å². The van der Waals surface area contributed by atoms with Crippen LogP contribution in [0.25, 0.3) is 10.9 Å². The molecule has 2 aromatic heterocycles. The molecule has 1 amide bonds. The Bertz CT molecular complexity index is 1610. The first kappa shape index (κ1) is 26.3. The third-order valence-electron chi connectivity index (χ3n) is 6.11. The second kappa shape index (κ2) is 11.2. The Morgan fingerprint density at radius 1 is 0.974 bits per heavy atom. The third-order valence-corrected chi connectivity index (χ3v) is 6.95. The second-order valence-corrected chi connectivity index (χ2v) is 11.2. The molecule has 8 heteroatoms. The van der Waals surface area contributed by atoms with Crippen molar-refractivity contribution in [1.29, 1.82) is 0 Å². The van der Waals surface area contributed by atoms with E-state index in [0.717, 1.165) is 44.1 Å². The first-order chi connectivity index (χ1) is 18.7. The minimum Gasteiger partial charge on any atom is -0.456 e. The summed E-state index contributed by atoms with van der Waals surface area (Å²) >= 11 is 1.55. The molecular weight excluding hydrogens is 506 g/mol. The number of ether oxygens (including phenoxy) is 1. The molecule has 0 fully saturated rings. The average Bonchev–Trinajstić information content (AvgIpc) is 3.39. The van der Waals surface area contributed by atoms with E-state index in [1.165, 1.54) is 0 Å². The van der Waals surface area contributed by atoms with Crippen molar-refractivity contribution in [2.45, 2.75) is 44.6 Å². The molecule has 0 saturated carbocycles. The van der Waals surface area contributed by atoms with Crippen LogP contribution in [-0.2, 0) is 16.8 Å². The standard InChI is InChI=1S/C31H31N5O2S/c1-21-16-22(17-30(37)34-24-19-33-36(20-24)31(2,3)4)10-13-28(21)38-29-14-15-32-27-12-11-23(18-26(27)29)35-39-25-8-6-5-7-9-25/h5-16,18-20,35H,17H2,1-4H3,(H,34,37). The minimum absolute atomic E-state index is 0.0925. The van der Waals surface area contributed by atoms with Crippen LogP contribution in [0.15, 0.2) is 96.3 Å². The smallest absolute Gasteiger partial charge is 0.228 e. The molecule has 2 heterocycles. The lowest BCUT2D eigenvalue weighted by molar-refractivity contribution is -0.115. The number of hydrogen-bond donors (Lipinski definition) is 2. The van der Waals surface area contributed by atoms with Crippen molar-refractivity contribution in [2.75, 3.05) is 10.0 Å². The first-order valence-electron chi connectivity index (χ1n) is 12.7. The molecule has 7 nitrogen and oxygen atoms in total. The highest BCUT2D eigenvalue weighted by Crippen LogP contribution is 2.33. The van der Waals surface area contributed by atoms with Gasteiger partial charge in [0, 0.05) is 28.4 Å². The summed E-state index contributed by atoms with van der Waals surface area (Å²) in [5, 5.41) is 8.19. The van der Waals surface area contributed by atoms with E-state index in [4.69, 9.17) is 4.74 Å². The van der Waals surface area contributed by atoms with Crippen molar-refractivity contribution in [3.63, 3.8) is 0 Å². The van der Waals surface area contributed by atoms with Gasteiger partial charge in [0.25, 0.3) is 0 Å². The number of benzene rings is 3. The Hall–Kier alpha value is -4.30. The molecule has 0 bridgehead atoms. The summed E-state index contributed by atoms with van der Waals surface area (Å²) in [5.74, 6) is 1.36. The molecule has 0 spiro atoms. The lowest BCUT2D eigenvalue weighted by Crippen LogP contribution is -2.22. The summed E-state index contributed by atoms with van der Waals surface area (Å²) in [7, 11) is 0. The molecule has 198 valence electrons. The Morgan fingerprint density at radius 3 is 2.54 bits per heavy atom. The highest BCUT2D eigenvalue weighted by molar-refractivity contribution is 8.00. The summed E-state index contributed by atoms with van der Waals surface area (Å²) in [4.78, 5) is 18.3. The summed E-state index contributed by atoms with van der Waals surface area (Å²) in [6.45, 7) is 8.17. The first-order valence-corrected chi connectivity index (χ1v) is 13.6. The number of fused-ring (bicyclic) bond motifs is 1.